The average molecular weight is 401 g/mol. The summed E-state index contributed by atoms with van der Waals surface area (Å²) in [7, 11) is 0. The van der Waals surface area contributed by atoms with Gasteiger partial charge in [-0.05, 0) is 31.2 Å². The van der Waals surface area contributed by atoms with Crippen LogP contribution in [0.15, 0.2) is 57.8 Å². The van der Waals surface area contributed by atoms with Crippen LogP contribution < -0.4 is 5.56 Å². The highest BCUT2D eigenvalue weighted by Gasteiger charge is 2.17. The molecule has 2 aromatic heterocycles. The maximum atomic E-state index is 14.4. The number of aryl methyl sites for hydroxylation is 1. The normalized spacial score (nSPS) is 11.2. The van der Waals surface area contributed by atoms with Crippen molar-refractivity contribution in [3.8, 4) is 5.69 Å². The lowest BCUT2D eigenvalue weighted by Crippen LogP contribution is -2.22. The minimum atomic E-state index is -0.819. The molecule has 8 heteroatoms. The van der Waals surface area contributed by atoms with Crippen molar-refractivity contribution in [1.29, 1.82) is 0 Å². The standard InChI is InChI=1S/C19H13F2N3OS2/c1-11-22-13(9-26-11)10-27-19-23-16-5-3-2-4-14(16)18(25)24(19)17-7-6-12(20)8-15(17)21/h2-9H,10H2,1H3. The zero-order valence-corrected chi connectivity index (χ0v) is 15.8. The van der Waals surface area contributed by atoms with Crippen LogP contribution >= 0.6 is 23.1 Å². The maximum absolute atomic E-state index is 14.4. The minimum absolute atomic E-state index is 0.0309. The Bertz CT molecular complexity index is 1200. The zero-order valence-electron chi connectivity index (χ0n) is 14.1. The molecule has 4 aromatic rings. The molecule has 0 spiro atoms. The number of hydrogen-bond acceptors (Lipinski definition) is 5. The number of hydrogen-bond donors (Lipinski definition) is 0. The van der Waals surface area contributed by atoms with Gasteiger partial charge in [0.1, 0.15) is 11.6 Å². The molecule has 4 nitrogen and oxygen atoms in total. The van der Waals surface area contributed by atoms with E-state index in [1.807, 2.05) is 12.3 Å². The Morgan fingerprint density at radius 2 is 1.96 bits per heavy atom. The second-order valence-corrected chi connectivity index (χ2v) is 7.80. The van der Waals surface area contributed by atoms with Crippen molar-refractivity contribution in [3.63, 3.8) is 0 Å². The van der Waals surface area contributed by atoms with Crippen LogP contribution in [0.5, 0.6) is 0 Å². The highest BCUT2D eigenvalue weighted by atomic mass is 32.2. The average Bonchev–Trinajstić information content (AvgIpc) is 3.06. The van der Waals surface area contributed by atoms with Gasteiger partial charge in [-0.2, -0.15) is 0 Å². The molecule has 0 amide bonds. The van der Waals surface area contributed by atoms with E-state index in [9.17, 15) is 13.6 Å². The van der Waals surface area contributed by atoms with Crippen molar-refractivity contribution in [2.45, 2.75) is 17.8 Å². The molecule has 0 saturated heterocycles. The molecule has 0 bridgehead atoms. The van der Waals surface area contributed by atoms with Crippen LogP contribution in [0.1, 0.15) is 10.7 Å². The van der Waals surface area contributed by atoms with Crippen molar-refractivity contribution in [2.24, 2.45) is 0 Å². The van der Waals surface area contributed by atoms with E-state index in [0.29, 0.717) is 21.8 Å². The number of rotatable bonds is 4. The molecule has 4 rings (SSSR count). The summed E-state index contributed by atoms with van der Waals surface area (Å²) in [5.41, 5.74) is 0.953. The number of fused-ring (bicyclic) bond motifs is 1. The molecule has 0 fully saturated rings. The molecule has 0 N–H and O–H groups in total. The van der Waals surface area contributed by atoms with Crippen LogP contribution in [0.25, 0.3) is 16.6 Å². The first-order valence-corrected chi connectivity index (χ1v) is 9.90. The monoisotopic (exact) mass is 401 g/mol. The predicted octanol–water partition coefficient (Wildman–Crippen LogP) is 4.72. The van der Waals surface area contributed by atoms with Gasteiger partial charge in [0, 0.05) is 17.2 Å². The predicted molar refractivity (Wildman–Crippen MR) is 104 cm³/mol. The topological polar surface area (TPSA) is 47.8 Å². The molecule has 0 atom stereocenters. The summed E-state index contributed by atoms with van der Waals surface area (Å²) in [6.45, 7) is 1.91. The van der Waals surface area contributed by atoms with Crippen LogP contribution in [-0.2, 0) is 5.75 Å². The third-order valence-corrected chi connectivity index (χ3v) is 5.71. The fourth-order valence-electron chi connectivity index (χ4n) is 2.70. The van der Waals surface area contributed by atoms with E-state index < -0.39 is 17.2 Å². The summed E-state index contributed by atoms with van der Waals surface area (Å²) >= 11 is 2.82. The van der Waals surface area contributed by atoms with Gasteiger partial charge in [0.25, 0.3) is 5.56 Å². The number of para-hydroxylation sites is 1. The number of nitrogens with zero attached hydrogens (tertiary/aromatic N) is 3. The summed E-state index contributed by atoms with van der Waals surface area (Å²) in [5, 5.41) is 3.58. The SMILES string of the molecule is Cc1nc(CSc2nc3ccccc3c(=O)n2-c2ccc(F)cc2F)cs1. The van der Waals surface area contributed by atoms with Gasteiger partial charge in [-0.1, -0.05) is 23.9 Å². The van der Waals surface area contributed by atoms with Crippen molar-refractivity contribution in [2.75, 3.05) is 0 Å². The molecule has 0 unspecified atom stereocenters. The van der Waals surface area contributed by atoms with Gasteiger partial charge in [0.15, 0.2) is 5.16 Å². The van der Waals surface area contributed by atoms with Crippen molar-refractivity contribution in [3.05, 3.63) is 80.5 Å². The third kappa shape index (κ3) is 3.50. The summed E-state index contributed by atoms with van der Waals surface area (Å²) < 4.78 is 28.9. The Hall–Kier alpha value is -2.58. The van der Waals surface area contributed by atoms with E-state index in [0.717, 1.165) is 22.8 Å². The summed E-state index contributed by atoms with van der Waals surface area (Å²) in [6, 6.07) is 10.0. The number of benzene rings is 2. The summed E-state index contributed by atoms with van der Waals surface area (Å²) in [4.78, 5) is 22.0. The van der Waals surface area contributed by atoms with Crippen molar-refractivity contribution < 1.29 is 8.78 Å². The molecular weight excluding hydrogens is 388 g/mol. The number of aromatic nitrogens is 3. The molecule has 27 heavy (non-hydrogen) atoms. The maximum Gasteiger partial charge on any atom is 0.266 e. The van der Waals surface area contributed by atoms with Crippen LogP contribution in [-0.4, -0.2) is 14.5 Å². The summed E-state index contributed by atoms with van der Waals surface area (Å²) in [5.74, 6) is -1.04. The molecular formula is C19H13F2N3OS2. The fourth-order valence-corrected chi connectivity index (χ4v) is 4.31. The van der Waals surface area contributed by atoms with Gasteiger partial charge in [0.05, 0.1) is 27.3 Å². The van der Waals surface area contributed by atoms with Gasteiger partial charge in [0.2, 0.25) is 0 Å². The molecule has 0 radical (unpaired) electrons. The molecule has 2 aromatic carbocycles. The molecule has 0 aliphatic heterocycles. The fraction of sp³-hybridized carbons (Fsp3) is 0.105. The van der Waals surface area contributed by atoms with Crippen LogP contribution in [0, 0.1) is 18.6 Å². The molecule has 0 aliphatic carbocycles. The molecule has 2 heterocycles. The molecule has 0 saturated carbocycles. The number of thiazole rings is 1. The van der Waals surface area contributed by atoms with E-state index in [1.54, 1.807) is 24.3 Å². The van der Waals surface area contributed by atoms with Gasteiger partial charge < -0.3 is 0 Å². The highest BCUT2D eigenvalue weighted by molar-refractivity contribution is 7.98. The Morgan fingerprint density at radius 1 is 1.15 bits per heavy atom. The third-order valence-electron chi connectivity index (χ3n) is 3.91. The van der Waals surface area contributed by atoms with Crippen LogP contribution in [0.3, 0.4) is 0 Å². The Balaban J connectivity index is 1.88. The van der Waals surface area contributed by atoms with Crippen molar-refractivity contribution in [1.82, 2.24) is 14.5 Å². The van der Waals surface area contributed by atoms with E-state index in [1.165, 1.54) is 33.7 Å². The quantitative estimate of drug-likeness (QED) is 0.367. The zero-order chi connectivity index (χ0) is 19.0. The second kappa shape index (κ2) is 7.21. The smallest absolute Gasteiger partial charge is 0.266 e. The van der Waals surface area contributed by atoms with E-state index >= 15 is 0 Å². The van der Waals surface area contributed by atoms with E-state index in [4.69, 9.17) is 0 Å². The van der Waals surface area contributed by atoms with Gasteiger partial charge in [-0.3, -0.25) is 9.36 Å². The first-order valence-electron chi connectivity index (χ1n) is 8.04. The van der Waals surface area contributed by atoms with Gasteiger partial charge in [-0.15, -0.1) is 11.3 Å². The second-order valence-electron chi connectivity index (χ2n) is 5.79. The van der Waals surface area contributed by atoms with Crippen molar-refractivity contribution >= 4 is 34.0 Å². The first-order chi connectivity index (χ1) is 13.0. The van der Waals surface area contributed by atoms with Gasteiger partial charge >= 0.3 is 0 Å². The minimum Gasteiger partial charge on any atom is -0.268 e. The number of halogens is 2. The number of thioether (sulfide) groups is 1. The Morgan fingerprint density at radius 3 is 2.70 bits per heavy atom. The van der Waals surface area contributed by atoms with Crippen LogP contribution in [0.2, 0.25) is 0 Å². The molecule has 0 aliphatic rings. The Labute approximate surface area is 161 Å². The molecule has 136 valence electrons. The van der Waals surface area contributed by atoms with E-state index in [-0.39, 0.29) is 5.69 Å². The van der Waals surface area contributed by atoms with Gasteiger partial charge in [-0.25, -0.2) is 18.7 Å². The van der Waals surface area contributed by atoms with Crippen LogP contribution in [0.4, 0.5) is 8.78 Å². The lowest BCUT2D eigenvalue weighted by atomic mass is 10.2. The lowest BCUT2D eigenvalue weighted by Gasteiger charge is -2.13. The lowest BCUT2D eigenvalue weighted by molar-refractivity contribution is 0.572. The van der Waals surface area contributed by atoms with E-state index in [2.05, 4.69) is 9.97 Å². The largest absolute Gasteiger partial charge is 0.268 e. The highest BCUT2D eigenvalue weighted by Crippen LogP contribution is 2.26. The first kappa shape index (κ1) is 17.8. The Kier molecular flexibility index (Phi) is 4.75. The summed E-state index contributed by atoms with van der Waals surface area (Å²) in [6.07, 6.45) is 0.